The highest BCUT2D eigenvalue weighted by Crippen LogP contribution is 2.34. The van der Waals surface area contributed by atoms with Gasteiger partial charge in [-0.1, -0.05) is 12.1 Å². The fourth-order valence-electron chi connectivity index (χ4n) is 3.02. The number of hydrogen-bond acceptors (Lipinski definition) is 3. The predicted octanol–water partition coefficient (Wildman–Crippen LogP) is 3.57. The highest BCUT2D eigenvalue weighted by Gasteiger charge is 2.28. The summed E-state index contributed by atoms with van der Waals surface area (Å²) in [6.45, 7) is 5.89. The van der Waals surface area contributed by atoms with E-state index in [1.807, 2.05) is 47.4 Å². The summed E-state index contributed by atoms with van der Waals surface area (Å²) < 4.78 is 5.16. The van der Waals surface area contributed by atoms with Crippen LogP contribution in [0.25, 0.3) is 0 Å². The van der Waals surface area contributed by atoms with Crippen LogP contribution in [0.2, 0.25) is 0 Å². The molecule has 0 fully saturated rings. The van der Waals surface area contributed by atoms with E-state index in [1.165, 1.54) is 0 Å². The number of para-hydroxylation sites is 2. The minimum Gasteiger partial charge on any atom is -0.497 e. The molecule has 1 heterocycles. The summed E-state index contributed by atoms with van der Waals surface area (Å²) in [6.07, 6.45) is 0. The Balaban J connectivity index is 1.93. The van der Waals surface area contributed by atoms with Crippen LogP contribution in [-0.2, 0) is 0 Å². The number of anilines is 2. The molecule has 0 N–H and O–H groups in total. The van der Waals surface area contributed by atoms with Crippen molar-refractivity contribution in [1.82, 2.24) is 0 Å². The largest absolute Gasteiger partial charge is 0.497 e. The molecule has 0 radical (unpaired) electrons. The van der Waals surface area contributed by atoms with Gasteiger partial charge in [-0.25, -0.2) is 0 Å². The quantitative estimate of drug-likeness (QED) is 0.869. The summed E-state index contributed by atoms with van der Waals surface area (Å²) in [5.74, 6) is 0.787. The molecule has 0 atom stereocenters. The summed E-state index contributed by atoms with van der Waals surface area (Å²) in [4.78, 5) is 17.1. The second kappa shape index (κ2) is 6.32. The molecule has 1 aliphatic heterocycles. The average molecular weight is 310 g/mol. The second-order valence-electron chi connectivity index (χ2n) is 5.96. The predicted molar refractivity (Wildman–Crippen MR) is 93.6 cm³/mol. The van der Waals surface area contributed by atoms with Gasteiger partial charge in [-0.15, -0.1) is 0 Å². The lowest BCUT2D eigenvalue weighted by Gasteiger charge is -2.40. The third-order valence-corrected chi connectivity index (χ3v) is 4.25. The van der Waals surface area contributed by atoms with Gasteiger partial charge in [0.05, 0.1) is 18.5 Å². The molecule has 0 aromatic heterocycles. The van der Waals surface area contributed by atoms with Crippen LogP contribution in [0.1, 0.15) is 24.2 Å². The van der Waals surface area contributed by atoms with E-state index >= 15 is 0 Å². The van der Waals surface area contributed by atoms with Crippen LogP contribution in [-0.4, -0.2) is 32.1 Å². The number of hydrogen-bond donors (Lipinski definition) is 0. The van der Waals surface area contributed by atoms with Crippen LogP contribution < -0.4 is 14.5 Å². The number of amides is 1. The Morgan fingerprint density at radius 3 is 2.26 bits per heavy atom. The molecule has 4 nitrogen and oxygen atoms in total. The molecular formula is C19H22N2O2. The standard InChI is InChI=1S/C19H22N2O2/c1-14(2)20-12-13-21(18-7-5-4-6-17(18)20)19(22)15-8-10-16(23-3)11-9-15/h4-11,14H,12-13H2,1-3H3. The third kappa shape index (κ3) is 2.89. The van der Waals surface area contributed by atoms with Gasteiger partial charge in [0.25, 0.3) is 5.91 Å². The van der Waals surface area contributed by atoms with Crippen molar-refractivity contribution >= 4 is 17.3 Å². The molecule has 120 valence electrons. The van der Waals surface area contributed by atoms with E-state index in [2.05, 4.69) is 24.8 Å². The summed E-state index contributed by atoms with van der Waals surface area (Å²) in [5.41, 5.74) is 2.78. The first-order valence-electron chi connectivity index (χ1n) is 7.93. The fraction of sp³-hybridized carbons (Fsp3) is 0.316. The van der Waals surface area contributed by atoms with Gasteiger partial charge >= 0.3 is 0 Å². The maximum absolute atomic E-state index is 12.9. The Morgan fingerprint density at radius 2 is 1.65 bits per heavy atom. The van der Waals surface area contributed by atoms with E-state index in [1.54, 1.807) is 7.11 Å². The zero-order chi connectivity index (χ0) is 16.4. The Kier molecular flexibility index (Phi) is 4.24. The van der Waals surface area contributed by atoms with Crippen molar-refractivity contribution in [2.45, 2.75) is 19.9 Å². The molecular weight excluding hydrogens is 288 g/mol. The van der Waals surface area contributed by atoms with Crippen LogP contribution >= 0.6 is 0 Å². The van der Waals surface area contributed by atoms with Crippen molar-refractivity contribution in [3.05, 3.63) is 54.1 Å². The van der Waals surface area contributed by atoms with Crippen molar-refractivity contribution < 1.29 is 9.53 Å². The molecule has 1 amide bonds. The Morgan fingerprint density at radius 1 is 1.00 bits per heavy atom. The van der Waals surface area contributed by atoms with Crippen molar-refractivity contribution in [3.8, 4) is 5.75 Å². The molecule has 0 saturated heterocycles. The fourth-order valence-corrected chi connectivity index (χ4v) is 3.02. The molecule has 2 aromatic rings. The SMILES string of the molecule is COc1ccc(C(=O)N2CCN(C(C)C)c3ccccc32)cc1. The van der Waals surface area contributed by atoms with Gasteiger partial charge in [0, 0.05) is 24.7 Å². The number of carbonyl (C=O) groups excluding carboxylic acids is 1. The first-order chi connectivity index (χ1) is 11.1. The number of rotatable bonds is 3. The van der Waals surface area contributed by atoms with Gasteiger partial charge in [-0.2, -0.15) is 0 Å². The van der Waals surface area contributed by atoms with E-state index in [9.17, 15) is 4.79 Å². The smallest absolute Gasteiger partial charge is 0.258 e. The van der Waals surface area contributed by atoms with Gasteiger partial charge in [-0.3, -0.25) is 4.79 Å². The number of methoxy groups -OCH3 is 1. The van der Waals surface area contributed by atoms with Gasteiger partial charge in [-0.05, 0) is 50.2 Å². The number of fused-ring (bicyclic) bond motifs is 1. The van der Waals surface area contributed by atoms with Crippen LogP contribution in [0.4, 0.5) is 11.4 Å². The van der Waals surface area contributed by atoms with E-state index in [0.717, 1.165) is 23.7 Å². The lowest BCUT2D eigenvalue weighted by atomic mass is 10.1. The van der Waals surface area contributed by atoms with Crippen molar-refractivity contribution in [1.29, 1.82) is 0 Å². The molecule has 0 bridgehead atoms. The lowest BCUT2D eigenvalue weighted by molar-refractivity contribution is 0.0986. The first kappa shape index (κ1) is 15.4. The topological polar surface area (TPSA) is 32.8 Å². The van der Waals surface area contributed by atoms with Crippen LogP contribution in [0.3, 0.4) is 0 Å². The minimum atomic E-state index is 0.0310. The van der Waals surface area contributed by atoms with Gasteiger partial charge in [0.1, 0.15) is 5.75 Å². The Bertz CT molecular complexity index is 695. The number of benzene rings is 2. The maximum atomic E-state index is 12.9. The van der Waals surface area contributed by atoms with E-state index in [-0.39, 0.29) is 5.91 Å². The van der Waals surface area contributed by atoms with Crippen LogP contribution in [0.5, 0.6) is 5.75 Å². The summed E-state index contributed by atoms with van der Waals surface area (Å²) >= 11 is 0. The minimum absolute atomic E-state index is 0.0310. The van der Waals surface area contributed by atoms with Crippen molar-refractivity contribution in [2.75, 3.05) is 30.0 Å². The molecule has 4 heteroatoms. The van der Waals surface area contributed by atoms with E-state index in [0.29, 0.717) is 18.2 Å². The zero-order valence-corrected chi connectivity index (χ0v) is 13.8. The Hall–Kier alpha value is -2.49. The molecule has 0 unspecified atom stereocenters. The lowest BCUT2D eigenvalue weighted by Crippen LogP contribution is -2.46. The van der Waals surface area contributed by atoms with Gasteiger partial charge in [0.15, 0.2) is 0 Å². The highest BCUT2D eigenvalue weighted by atomic mass is 16.5. The number of ether oxygens (including phenoxy) is 1. The monoisotopic (exact) mass is 310 g/mol. The Labute approximate surface area is 137 Å². The van der Waals surface area contributed by atoms with E-state index < -0.39 is 0 Å². The van der Waals surface area contributed by atoms with Crippen molar-refractivity contribution in [2.24, 2.45) is 0 Å². The molecule has 1 aliphatic rings. The maximum Gasteiger partial charge on any atom is 0.258 e. The van der Waals surface area contributed by atoms with Crippen LogP contribution in [0.15, 0.2) is 48.5 Å². The zero-order valence-electron chi connectivity index (χ0n) is 13.8. The average Bonchev–Trinajstić information content (AvgIpc) is 2.60. The van der Waals surface area contributed by atoms with E-state index in [4.69, 9.17) is 4.74 Å². The van der Waals surface area contributed by atoms with Crippen LogP contribution in [0, 0.1) is 0 Å². The molecule has 2 aromatic carbocycles. The molecule has 3 rings (SSSR count). The first-order valence-corrected chi connectivity index (χ1v) is 7.93. The number of carbonyl (C=O) groups is 1. The molecule has 0 saturated carbocycles. The van der Waals surface area contributed by atoms with Crippen molar-refractivity contribution in [3.63, 3.8) is 0 Å². The summed E-state index contributed by atoms with van der Waals surface area (Å²) in [7, 11) is 1.62. The molecule has 23 heavy (non-hydrogen) atoms. The highest BCUT2D eigenvalue weighted by molar-refractivity contribution is 6.08. The summed E-state index contributed by atoms with van der Waals surface area (Å²) in [5, 5.41) is 0. The third-order valence-electron chi connectivity index (χ3n) is 4.25. The normalized spacial score (nSPS) is 13.9. The van der Waals surface area contributed by atoms with Gasteiger partial charge < -0.3 is 14.5 Å². The summed E-state index contributed by atoms with van der Waals surface area (Å²) in [6, 6.07) is 15.8. The van der Waals surface area contributed by atoms with Gasteiger partial charge in [0.2, 0.25) is 0 Å². The molecule has 0 spiro atoms. The molecule has 0 aliphatic carbocycles. The second-order valence-corrected chi connectivity index (χ2v) is 5.96. The number of nitrogens with zero attached hydrogens (tertiary/aromatic N) is 2.